The van der Waals surface area contributed by atoms with Crippen molar-refractivity contribution in [3.63, 3.8) is 0 Å². The molecule has 0 aromatic rings. The highest BCUT2D eigenvalue weighted by molar-refractivity contribution is 5.78. The first-order valence-electron chi connectivity index (χ1n) is 4.87. The second kappa shape index (κ2) is 7.71. The van der Waals surface area contributed by atoms with Crippen LogP contribution in [0.1, 0.15) is 46.5 Å². The van der Waals surface area contributed by atoms with E-state index in [0.717, 1.165) is 12.1 Å². The van der Waals surface area contributed by atoms with Crippen LogP contribution in [0.3, 0.4) is 0 Å². The zero-order valence-electron chi connectivity index (χ0n) is 8.84. The van der Waals surface area contributed by atoms with Crippen LogP contribution in [0, 0.1) is 0 Å². The van der Waals surface area contributed by atoms with Gasteiger partial charge in [0, 0.05) is 18.3 Å². The summed E-state index contributed by atoms with van der Waals surface area (Å²) in [5.41, 5.74) is 0.878. The zero-order chi connectivity index (χ0) is 10.1. The average Bonchev–Trinajstić information content (AvgIpc) is 2.09. The summed E-state index contributed by atoms with van der Waals surface area (Å²) < 4.78 is 0. The Morgan fingerprint density at radius 3 is 2.62 bits per heavy atom. The Balaban J connectivity index is 3.85. The Labute approximate surface area is 80.8 Å². The number of Topliss-reactive ketones (excluding diaryl/α,β-unsaturated/α-hetero) is 1. The predicted molar refractivity (Wildman–Crippen MR) is 57.1 cm³/mol. The van der Waals surface area contributed by atoms with Crippen LogP contribution in [0.15, 0.2) is 16.8 Å². The normalized spacial score (nSPS) is 12.4. The van der Waals surface area contributed by atoms with Gasteiger partial charge < -0.3 is 0 Å². The average molecular weight is 181 g/mol. The maximum absolute atomic E-state index is 10.8. The van der Waals surface area contributed by atoms with Crippen LogP contribution in [-0.4, -0.2) is 12.0 Å². The van der Waals surface area contributed by atoms with Crippen LogP contribution in [0.2, 0.25) is 0 Å². The van der Waals surface area contributed by atoms with Gasteiger partial charge in [0.2, 0.25) is 0 Å². The molecule has 74 valence electrons. The Bertz CT molecular complexity index is 204. The number of allylic oxidation sites excluding steroid dienone is 2. The summed E-state index contributed by atoms with van der Waals surface area (Å²) in [7, 11) is 0. The number of hydrogen-bond donors (Lipinski definition) is 0. The van der Waals surface area contributed by atoms with E-state index in [0.29, 0.717) is 6.42 Å². The van der Waals surface area contributed by atoms with Crippen molar-refractivity contribution in [2.45, 2.75) is 46.5 Å². The molecule has 0 spiro atoms. The molecule has 0 unspecified atom stereocenters. The van der Waals surface area contributed by atoms with E-state index in [1.54, 1.807) is 6.92 Å². The third-order valence-corrected chi connectivity index (χ3v) is 1.71. The Kier molecular flexibility index (Phi) is 7.17. The lowest BCUT2D eigenvalue weighted by Gasteiger charge is -1.96. The summed E-state index contributed by atoms with van der Waals surface area (Å²) in [6.45, 7) is 5.65. The molecular weight excluding hydrogens is 162 g/mol. The summed E-state index contributed by atoms with van der Waals surface area (Å²) in [5.74, 6) is 0.167. The van der Waals surface area contributed by atoms with E-state index >= 15 is 0 Å². The third-order valence-electron chi connectivity index (χ3n) is 1.71. The minimum absolute atomic E-state index is 0.167. The smallest absolute Gasteiger partial charge is 0.135 e. The Morgan fingerprint density at radius 1 is 1.46 bits per heavy atom. The summed E-state index contributed by atoms with van der Waals surface area (Å²) in [5, 5.41) is 0. The van der Waals surface area contributed by atoms with Crippen molar-refractivity contribution in [3.05, 3.63) is 11.8 Å². The van der Waals surface area contributed by atoms with Crippen molar-refractivity contribution in [1.29, 1.82) is 0 Å². The van der Waals surface area contributed by atoms with E-state index in [1.807, 2.05) is 19.2 Å². The van der Waals surface area contributed by atoms with E-state index in [-0.39, 0.29) is 5.78 Å². The number of unbranched alkanes of at least 4 members (excludes halogenated alkanes) is 2. The maximum Gasteiger partial charge on any atom is 0.135 e. The molecule has 0 aromatic heterocycles. The molecule has 0 bridgehead atoms. The van der Waals surface area contributed by atoms with Crippen LogP contribution < -0.4 is 0 Å². The minimum atomic E-state index is 0.167. The zero-order valence-corrected chi connectivity index (χ0v) is 8.84. The lowest BCUT2D eigenvalue weighted by molar-refractivity contribution is -0.116. The van der Waals surface area contributed by atoms with Gasteiger partial charge >= 0.3 is 0 Å². The Hall–Kier alpha value is -0.920. The van der Waals surface area contributed by atoms with Crippen molar-refractivity contribution >= 4 is 12.0 Å². The molecule has 0 rings (SSSR count). The molecule has 2 heteroatoms. The fourth-order valence-corrected chi connectivity index (χ4v) is 0.955. The summed E-state index contributed by atoms with van der Waals surface area (Å²) in [6, 6.07) is 0. The molecule has 0 aromatic carbocycles. The number of rotatable bonds is 6. The molecule has 0 heterocycles. The number of aliphatic imine (C=N–C) groups is 1. The van der Waals surface area contributed by atoms with Gasteiger partial charge in [-0.3, -0.25) is 9.79 Å². The highest BCUT2D eigenvalue weighted by Crippen LogP contribution is 2.03. The van der Waals surface area contributed by atoms with Gasteiger partial charge in [-0.25, -0.2) is 0 Å². The molecule has 0 fully saturated rings. The number of ketones is 1. The molecule has 0 saturated carbocycles. The van der Waals surface area contributed by atoms with E-state index in [1.165, 1.54) is 12.8 Å². The number of nitrogens with zero attached hydrogens (tertiary/aromatic N) is 1. The molecule has 0 aliphatic carbocycles. The standard InChI is InChI=1S/C11H19NO/c1-4-6-7-8-12-11(5-2)9-10(3)13/h5,8H,4,6-7,9H2,1-3H3/b11-5-,12-8?. The van der Waals surface area contributed by atoms with Crippen LogP contribution >= 0.6 is 0 Å². The van der Waals surface area contributed by atoms with Gasteiger partial charge in [0.05, 0.1) is 0 Å². The molecule has 0 saturated heterocycles. The second-order valence-corrected chi connectivity index (χ2v) is 3.11. The SMILES string of the molecule is C/C=C(/CC(C)=O)N=CCCCC. The van der Waals surface area contributed by atoms with Crippen molar-refractivity contribution in [1.82, 2.24) is 0 Å². The first kappa shape index (κ1) is 12.1. The molecule has 0 aliphatic rings. The maximum atomic E-state index is 10.8. The van der Waals surface area contributed by atoms with Gasteiger partial charge in [-0.2, -0.15) is 0 Å². The quantitative estimate of drug-likeness (QED) is 0.457. The van der Waals surface area contributed by atoms with E-state index in [2.05, 4.69) is 11.9 Å². The van der Waals surface area contributed by atoms with E-state index in [9.17, 15) is 4.79 Å². The highest BCUT2D eigenvalue weighted by Gasteiger charge is 1.96. The van der Waals surface area contributed by atoms with Crippen LogP contribution in [-0.2, 0) is 4.79 Å². The number of carbonyl (C=O) groups is 1. The predicted octanol–water partition coefficient (Wildman–Crippen LogP) is 3.13. The fourth-order valence-electron chi connectivity index (χ4n) is 0.955. The minimum Gasteiger partial charge on any atom is -0.300 e. The monoisotopic (exact) mass is 181 g/mol. The number of hydrogen-bond acceptors (Lipinski definition) is 2. The molecule has 0 N–H and O–H groups in total. The molecule has 0 atom stereocenters. The van der Waals surface area contributed by atoms with Crippen molar-refractivity contribution < 1.29 is 4.79 Å². The largest absolute Gasteiger partial charge is 0.300 e. The summed E-state index contributed by atoms with van der Waals surface area (Å²) in [6.07, 6.45) is 7.61. The molecule has 0 radical (unpaired) electrons. The Morgan fingerprint density at radius 2 is 2.15 bits per heavy atom. The summed E-state index contributed by atoms with van der Waals surface area (Å²) in [4.78, 5) is 15.0. The highest BCUT2D eigenvalue weighted by atomic mass is 16.1. The van der Waals surface area contributed by atoms with Crippen LogP contribution in [0.4, 0.5) is 0 Å². The lowest BCUT2D eigenvalue weighted by Crippen LogP contribution is -1.91. The van der Waals surface area contributed by atoms with Gasteiger partial charge in [0.15, 0.2) is 0 Å². The topological polar surface area (TPSA) is 29.4 Å². The molecule has 13 heavy (non-hydrogen) atoms. The lowest BCUT2D eigenvalue weighted by atomic mass is 10.2. The summed E-state index contributed by atoms with van der Waals surface area (Å²) >= 11 is 0. The van der Waals surface area contributed by atoms with E-state index in [4.69, 9.17) is 0 Å². The van der Waals surface area contributed by atoms with Gasteiger partial charge in [0.1, 0.15) is 5.78 Å². The van der Waals surface area contributed by atoms with Gasteiger partial charge in [-0.15, -0.1) is 0 Å². The van der Waals surface area contributed by atoms with Gasteiger partial charge in [0.25, 0.3) is 0 Å². The first-order valence-corrected chi connectivity index (χ1v) is 4.87. The fraction of sp³-hybridized carbons (Fsp3) is 0.636. The molecular formula is C11H19NO. The second-order valence-electron chi connectivity index (χ2n) is 3.11. The van der Waals surface area contributed by atoms with Crippen LogP contribution in [0.25, 0.3) is 0 Å². The van der Waals surface area contributed by atoms with Gasteiger partial charge in [-0.05, 0) is 26.7 Å². The van der Waals surface area contributed by atoms with Crippen LogP contribution in [0.5, 0.6) is 0 Å². The molecule has 2 nitrogen and oxygen atoms in total. The molecule has 0 amide bonds. The van der Waals surface area contributed by atoms with Crippen molar-refractivity contribution in [2.24, 2.45) is 4.99 Å². The van der Waals surface area contributed by atoms with Crippen molar-refractivity contribution in [3.8, 4) is 0 Å². The first-order chi connectivity index (χ1) is 6.20. The number of carbonyl (C=O) groups excluding carboxylic acids is 1. The van der Waals surface area contributed by atoms with Crippen molar-refractivity contribution in [2.75, 3.05) is 0 Å². The van der Waals surface area contributed by atoms with Gasteiger partial charge in [-0.1, -0.05) is 19.4 Å². The third kappa shape index (κ3) is 7.44. The molecule has 0 aliphatic heterocycles. The van der Waals surface area contributed by atoms with E-state index < -0.39 is 0 Å².